The Labute approximate surface area is 85.9 Å². The molecule has 2 aliphatic rings. The molecule has 2 nitrogen and oxygen atoms in total. The summed E-state index contributed by atoms with van der Waals surface area (Å²) in [5, 5.41) is 19.0. The predicted octanol–water partition coefficient (Wildman–Crippen LogP) is 2.48. The highest BCUT2D eigenvalue weighted by molar-refractivity contribution is 5.19. The van der Waals surface area contributed by atoms with Crippen molar-refractivity contribution in [2.45, 2.75) is 52.6 Å². The summed E-state index contributed by atoms with van der Waals surface area (Å²) in [5.41, 5.74) is 0.217. The third-order valence-corrected chi connectivity index (χ3v) is 5.61. The first kappa shape index (κ1) is 9.98. The Kier molecular flexibility index (Phi) is 1.80. The molecular formula is C12H19NO. The van der Waals surface area contributed by atoms with Crippen molar-refractivity contribution in [3.8, 4) is 6.07 Å². The first-order valence-electron chi connectivity index (χ1n) is 5.45. The highest BCUT2D eigenvalue weighted by atomic mass is 16.3. The van der Waals surface area contributed by atoms with Crippen molar-refractivity contribution in [1.82, 2.24) is 0 Å². The van der Waals surface area contributed by atoms with Gasteiger partial charge in [-0.1, -0.05) is 20.8 Å². The molecule has 0 aliphatic heterocycles. The van der Waals surface area contributed by atoms with Gasteiger partial charge in [-0.3, -0.25) is 0 Å². The molecule has 2 heteroatoms. The van der Waals surface area contributed by atoms with Crippen molar-refractivity contribution in [2.24, 2.45) is 16.2 Å². The summed E-state index contributed by atoms with van der Waals surface area (Å²) < 4.78 is 0. The van der Waals surface area contributed by atoms with Gasteiger partial charge in [-0.05, 0) is 35.5 Å². The Bertz CT molecular complexity index is 304. The molecule has 2 fully saturated rings. The second-order valence-electron chi connectivity index (χ2n) is 5.88. The molecule has 2 saturated carbocycles. The van der Waals surface area contributed by atoms with Gasteiger partial charge in [-0.2, -0.15) is 5.26 Å². The fraction of sp³-hybridized carbons (Fsp3) is 0.917. The van der Waals surface area contributed by atoms with Gasteiger partial charge >= 0.3 is 0 Å². The van der Waals surface area contributed by atoms with Crippen LogP contribution >= 0.6 is 0 Å². The minimum atomic E-state index is -0.209. The minimum absolute atomic E-state index is 0.0316. The van der Waals surface area contributed by atoms with Crippen LogP contribution in [0.1, 0.15) is 46.5 Å². The van der Waals surface area contributed by atoms with E-state index in [-0.39, 0.29) is 22.3 Å². The highest BCUT2D eigenvalue weighted by Gasteiger charge is 2.68. The van der Waals surface area contributed by atoms with Crippen LogP contribution < -0.4 is 0 Å². The zero-order chi connectivity index (χ0) is 10.6. The van der Waals surface area contributed by atoms with Crippen molar-refractivity contribution >= 4 is 0 Å². The molecule has 0 aromatic rings. The van der Waals surface area contributed by atoms with Crippen molar-refractivity contribution in [3.05, 3.63) is 0 Å². The first-order chi connectivity index (χ1) is 6.40. The molecule has 0 radical (unpaired) electrons. The van der Waals surface area contributed by atoms with Gasteiger partial charge in [0.2, 0.25) is 0 Å². The molecule has 78 valence electrons. The fourth-order valence-electron chi connectivity index (χ4n) is 3.80. The van der Waals surface area contributed by atoms with Gasteiger partial charge in [0.05, 0.1) is 12.2 Å². The van der Waals surface area contributed by atoms with Crippen LogP contribution in [-0.4, -0.2) is 11.2 Å². The number of nitrogens with zero attached hydrogens (tertiary/aromatic N) is 1. The highest BCUT2D eigenvalue weighted by Crippen LogP contribution is 2.73. The number of hydrogen-bond donors (Lipinski definition) is 1. The van der Waals surface area contributed by atoms with Crippen LogP contribution in [0.5, 0.6) is 0 Å². The van der Waals surface area contributed by atoms with Crippen LogP contribution in [-0.2, 0) is 0 Å². The van der Waals surface area contributed by atoms with E-state index < -0.39 is 0 Å². The standard InChI is InChI=1S/C12H19NO/c1-10(2)11(3)4-5-12(10,6-7-13)8-9(11)14/h9,14H,4-6,8H2,1-3H3. The fourth-order valence-corrected chi connectivity index (χ4v) is 3.80. The molecule has 2 rings (SSSR count). The van der Waals surface area contributed by atoms with E-state index in [1.54, 1.807) is 0 Å². The number of aliphatic hydroxyl groups excluding tert-OH is 1. The Balaban J connectivity index is 2.44. The smallest absolute Gasteiger partial charge is 0.0627 e. The average Bonchev–Trinajstić information content (AvgIpc) is 2.35. The lowest BCUT2D eigenvalue weighted by molar-refractivity contribution is 0.0112. The van der Waals surface area contributed by atoms with Gasteiger partial charge in [0.15, 0.2) is 0 Å². The van der Waals surface area contributed by atoms with E-state index in [1.165, 1.54) is 0 Å². The van der Waals surface area contributed by atoms with E-state index in [9.17, 15) is 5.11 Å². The summed E-state index contributed by atoms with van der Waals surface area (Å²) in [6, 6.07) is 2.31. The molecule has 2 aliphatic carbocycles. The number of aliphatic hydroxyl groups is 1. The van der Waals surface area contributed by atoms with Crippen LogP contribution in [0.3, 0.4) is 0 Å². The number of rotatable bonds is 1. The topological polar surface area (TPSA) is 44.0 Å². The molecule has 14 heavy (non-hydrogen) atoms. The molecule has 0 aromatic carbocycles. The molecule has 3 atom stereocenters. The number of nitriles is 1. The van der Waals surface area contributed by atoms with E-state index in [4.69, 9.17) is 5.26 Å². The molecular weight excluding hydrogens is 174 g/mol. The van der Waals surface area contributed by atoms with Gasteiger partial charge < -0.3 is 5.11 Å². The molecule has 2 bridgehead atoms. The molecule has 3 unspecified atom stereocenters. The summed E-state index contributed by atoms with van der Waals surface area (Å²) >= 11 is 0. The maximum atomic E-state index is 10.1. The Morgan fingerprint density at radius 3 is 2.36 bits per heavy atom. The quantitative estimate of drug-likeness (QED) is 0.695. The van der Waals surface area contributed by atoms with Crippen LogP contribution in [0.2, 0.25) is 0 Å². The van der Waals surface area contributed by atoms with Crippen molar-refractivity contribution in [2.75, 3.05) is 0 Å². The summed E-state index contributed by atoms with van der Waals surface area (Å²) in [4.78, 5) is 0. The zero-order valence-corrected chi connectivity index (χ0v) is 9.30. The largest absolute Gasteiger partial charge is 0.393 e. The lowest BCUT2D eigenvalue weighted by Gasteiger charge is -2.40. The van der Waals surface area contributed by atoms with Gasteiger partial charge in [0, 0.05) is 6.42 Å². The molecule has 0 heterocycles. The van der Waals surface area contributed by atoms with Crippen LogP contribution in [0.25, 0.3) is 0 Å². The third-order valence-electron chi connectivity index (χ3n) is 5.61. The van der Waals surface area contributed by atoms with Crippen LogP contribution in [0, 0.1) is 27.6 Å². The van der Waals surface area contributed by atoms with Crippen LogP contribution in [0.4, 0.5) is 0 Å². The maximum absolute atomic E-state index is 10.1. The van der Waals surface area contributed by atoms with Gasteiger partial charge in [0.1, 0.15) is 0 Å². The zero-order valence-electron chi connectivity index (χ0n) is 9.30. The van der Waals surface area contributed by atoms with E-state index in [0.717, 1.165) is 19.3 Å². The molecule has 1 N–H and O–H groups in total. The maximum Gasteiger partial charge on any atom is 0.0627 e. The van der Waals surface area contributed by atoms with Gasteiger partial charge in [-0.25, -0.2) is 0 Å². The summed E-state index contributed by atoms with van der Waals surface area (Å²) in [5.74, 6) is 0. The van der Waals surface area contributed by atoms with E-state index >= 15 is 0 Å². The summed E-state index contributed by atoms with van der Waals surface area (Å²) in [6.07, 6.45) is 3.40. The molecule has 0 saturated heterocycles. The number of fused-ring (bicyclic) bond motifs is 2. The number of hydrogen-bond acceptors (Lipinski definition) is 2. The first-order valence-corrected chi connectivity index (χ1v) is 5.45. The summed E-state index contributed by atoms with van der Waals surface area (Å²) in [6.45, 7) is 6.64. The second-order valence-corrected chi connectivity index (χ2v) is 5.88. The Hall–Kier alpha value is -0.550. The van der Waals surface area contributed by atoms with E-state index in [2.05, 4.69) is 26.8 Å². The molecule has 0 spiro atoms. The van der Waals surface area contributed by atoms with Crippen molar-refractivity contribution in [1.29, 1.82) is 5.26 Å². The normalized spacial score (nSPS) is 49.2. The van der Waals surface area contributed by atoms with Gasteiger partial charge in [-0.15, -0.1) is 0 Å². The Morgan fingerprint density at radius 2 is 2.00 bits per heavy atom. The Morgan fingerprint density at radius 1 is 1.36 bits per heavy atom. The van der Waals surface area contributed by atoms with Gasteiger partial charge in [0.25, 0.3) is 0 Å². The SMILES string of the molecule is CC12CCC(CC#N)(CC1O)C2(C)C. The monoisotopic (exact) mass is 193 g/mol. The molecule has 0 aromatic heterocycles. The lowest BCUT2D eigenvalue weighted by Crippen LogP contribution is -2.36. The average molecular weight is 193 g/mol. The van der Waals surface area contributed by atoms with Crippen LogP contribution in [0.15, 0.2) is 0 Å². The van der Waals surface area contributed by atoms with Crippen molar-refractivity contribution in [3.63, 3.8) is 0 Å². The third kappa shape index (κ3) is 0.803. The lowest BCUT2D eigenvalue weighted by atomic mass is 9.64. The van der Waals surface area contributed by atoms with E-state index in [1.807, 2.05) is 0 Å². The minimum Gasteiger partial charge on any atom is -0.393 e. The summed E-state index contributed by atoms with van der Waals surface area (Å²) in [7, 11) is 0. The van der Waals surface area contributed by atoms with E-state index in [0.29, 0.717) is 6.42 Å². The predicted molar refractivity (Wildman–Crippen MR) is 54.4 cm³/mol. The molecule has 0 amide bonds. The van der Waals surface area contributed by atoms with Crippen molar-refractivity contribution < 1.29 is 5.11 Å². The second kappa shape index (κ2) is 2.52.